The molecule has 0 atom stereocenters. The SMILES string of the molecule is CC1(n2ncc(S(=O)(=O)Nc3ccc(Cl)c4c(C#N)c[nH]c34)c2F)COC1. The first-order chi connectivity index (χ1) is 12.8. The first-order valence-electron chi connectivity index (χ1n) is 7.81. The van der Waals surface area contributed by atoms with E-state index in [1.165, 1.54) is 18.3 Å². The summed E-state index contributed by atoms with van der Waals surface area (Å²) in [4.78, 5) is 2.24. The van der Waals surface area contributed by atoms with Gasteiger partial charge in [0.1, 0.15) is 11.6 Å². The summed E-state index contributed by atoms with van der Waals surface area (Å²) >= 11 is 6.11. The predicted octanol–water partition coefficient (Wildman–Crippen LogP) is 2.57. The molecule has 0 radical (unpaired) electrons. The third kappa shape index (κ3) is 2.66. The van der Waals surface area contributed by atoms with Crippen LogP contribution in [0.25, 0.3) is 10.9 Å². The molecule has 2 aromatic heterocycles. The molecule has 2 N–H and O–H groups in total. The highest BCUT2D eigenvalue weighted by Gasteiger charge is 2.40. The number of hydrogen-bond acceptors (Lipinski definition) is 5. The minimum atomic E-state index is -4.26. The molecule has 1 aliphatic heterocycles. The summed E-state index contributed by atoms with van der Waals surface area (Å²) < 4.78 is 48.6. The molecule has 3 heterocycles. The van der Waals surface area contributed by atoms with Gasteiger partial charge in [0.05, 0.1) is 41.2 Å². The molecule has 0 unspecified atom stereocenters. The molecule has 1 aromatic carbocycles. The quantitative estimate of drug-likeness (QED) is 0.687. The van der Waals surface area contributed by atoms with E-state index < -0.39 is 26.4 Å². The van der Waals surface area contributed by atoms with Gasteiger partial charge in [-0.15, -0.1) is 0 Å². The van der Waals surface area contributed by atoms with Gasteiger partial charge in [-0.25, -0.2) is 13.1 Å². The molecule has 1 aliphatic rings. The van der Waals surface area contributed by atoms with Crippen LogP contribution in [-0.2, 0) is 20.3 Å². The van der Waals surface area contributed by atoms with E-state index in [-0.39, 0.29) is 24.5 Å². The third-order valence-electron chi connectivity index (χ3n) is 4.46. The molecule has 0 saturated carbocycles. The number of sulfonamides is 1. The normalized spacial score (nSPS) is 16.1. The number of rotatable bonds is 4. The van der Waals surface area contributed by atoms with Crippen LogP contribution in [0.4, 0.5) is 10.1 Å². The Labute approximate surface area is 158 Å². The maximum atomic E-state index is 14.7. The fourth-order valence-electron chi connectivity index (χ4n) is 2.97. The number of ether oxygens (including phenoxy) is 1. The number of aromatic nitrogens is 3. The molecule has 140 valence electrons. The number of benzene rings is 1. The minimum Gasteiger partial charge on any atom is -0.376 e. The van der Waals surface area contributed by atoms with Crippen molar-refractivity contribution in [2.75, 3.05) is 17.9 Å². The molecular formula is C16H13ClFN5O3S. The van der Waals surface area contributed by atoms with Crippen molar-refractivity contribution in [1.82, 2.24) is 14.8 Å². The van der Waals surface area contributed by atoms with Crippen LogP contribution in [0.2, 0.25) is 5.02 Å². The van der Waals surface area contributed by atoms with Gasteiger partial charge in [-0.3, -0.25) is 4.72 Å². The molecule has 4 rings (SSSR count). The fraction of sp³-hybridized carbons (Fsp3) is 0.250. The lowest BCUT2D eigenvalue weighted by atomic mass is 10.0. The largest absolute Gasteiger partial charge is 0.376 e. The first-order valence-corrected chi connectivity index (χ1v) is 9.67. The van der Waals surface area contributed by atoms with E-state index >= 15 is 0 Å². The Morgan fingerprint density at radius 3 is 2.85 bits per heavy atom. The number of nitriles is 1. The summed E-state index contributed by atoms with van der Waals surface area (Å²) in [5.74, 6) is -0.970. The van der Waals surface area contributed by atoms with Gasteiger partial charge in [-0.1, -0.05) is 11.6 Å². The summed E-state index contributed by atoms with van der Waals surface area (Å²) in [6, 6.07) is 4.87. The highest BCUT2D eigenvalue weighted by atomic mass is 35.5. The van der Waals surface area contributed by atoms with Crippen LogP contribution in [0.3, 0.4) is 0 Å². The zero-order chi connectivity index (χ0) is 19.4. The monoisotopic (exact) mass is 409 g/mol. The van der Waals surface area contributed by atoms with E-state index in [4.69, 9.17) is 21.6 Å². The number of fused-ring (bicyclic) bond motifs is 1. The van der Waals surface area contributed by atoms with Crippen LogP contribution in [0.15, 0.2) is 29.4 Å². The van der Waals surface area contributed by atoms with Crippen molar-refractivity contribution in [2.24, 2.45) is 0 Å². The third-order valence-corrected chi connectivity index (χ3v) is 6.11. The summed E-state index contributed by atoms with van der Waals surface area (Å²) in [5.41, 5.74) is 0.0241. The first kappa shape index (κ1) is 17.8. The Morgan fingerprint density at radius 2 is 2.22 bits per heavy atom. The van der Waals surface area contributed by atoms with Gasteiger partial charge in [0, 0.05) is 11.6 Å². The van der Waals surface area contributed by atoms with E-state index in [0.717, 1.165) is 10.9 Å². The number of hydrogen-bond donors (Lipinski definition) is 2. The van der Waals surface area contributed by atoms with E-state index in [2.05, 4.69) is 14.8 Å². The van der Waals surface area contributed by atoms with E-state index in [9.17, 15) is 12.8 Å². The zero-order valence-corrected chi connectivity index (χ0v) is 15.5. The highest BCUT2D eigenvalue weighted by molar-refractivity contribution is 7.92. The Balaban J connectivity index is 1.75. The van der Waals surface area contributed by atoms with Crippen molar-refractivity contribution in [3.8, 4) is 6.07 Å². The van der Waals surface area contributed by atoms with Gasteiger partial charge in [0.15, 0.2) is 4.90 Å². The molecule has 0 spiro atoms. The van der Waals surface area contributed by atoms with Crippen molar-refractivity contribution in [2.45, 2.75) is 17.4 Å². The molecule has 1 fully saturated rings. The number of anilines is 1. The van der Waals surface area contributed by atoms with Crippen molar-refractivity contribution >= 4 is 38.2 Å². The summed E-state index contributed by atoms with van der Waals surface area (Å²) in [5, 5.41) is 13.7. The zero-order valence-electron chi connectivity index (χ0n) is 14.0. The number of H-pyrrole nitrogens is 1. The van der Waals surface area contributed by atoms with E-state index in [0.29, 0.717) is 15.9 Å². The van der Waals surface area contributed by atoms with Crippen LogP contribution in [0.5, 0.6) is 0 Å². The maximum absolute atomic E-state index is 14.7. The second-order valence-corrected chi connectivity index (χ2v) is 8.52. The molecule has 11 heteroatoms. The summed E-state index contributed by atoms with van der Waals surface area (Å²) in [7, 11) is -4.26. The van der Waals surface area contributed by atoms with Crippen LogP contribution in [0.1, 0.15) is 12.5 Å². The van der Waals surface area contributed by atoms with Crippen molar-refractivity contribution in [1.29, 1.82) is 5.26 Å². The van der Waals surface area contributed by atoms with Crippen LogP contribution in [-0.4, -0.2) is 36.4 Å². The fourth-order valence-corrected chi connectivity index (χ4v) is 4.30. The average molecular weight is 410 g/mol. The number of nitrogens with one attached hydrogen (secondary N) is 2. The minimum absolute atomic E-state index is 0.140. The summed E-state index contributed by atoms with van der Waals surface area (Å²) in [6.07, 6.45) is 2.38. The molecular weight excluding hydrogens is 397 g/mol. The molecule has 8 nitrogen and oxygen atoms in total. The Kier molecular flexibility index (Phi) is 3.92. The van der Waals surface area contributed by atoms with Gasteiger partial charge in [-0.05, 0) is 19.1 Å². The van der Waals surface area contributed by atoms with Crippen molar-refractivity contribution in [3.05, 3.63) is 41.1 Å². The Hall–Kier alpha value is -2.61. The lowest BCUT2D eigenvalue weighted by Crippen LogP contribution is -2.50. The molecule has 27 heavy (non-hydrogen) atoms. The molecule has 0 aliphatic carbocycles. The Morgan fingerprint density at radius 1 is 1.48 bits per heavy atom. The lowest BCUT2D eigenvalue weighted by molar-refractivity contribution is -0.101. The van der Waals surface area contributed by atoms with Crippen molar-refractivity contribution < 1.29 is 17.5 Å². The molecule has 0 amide bonds. The van der Waals surface area contributed by atoms with Gasteiger partial charge in [0.2, 0.25) is 5.95 Å². The topological polar surface area (TPSA) is 113 Å². The molecule has 0 bridgehead atoms. The standard InChI is InChI=1S/C16H13ClFN5O3S/c1-16(7-26-8-16)23-15(18)12(6-21-23)27(24,25)22-11-3-2-10(17)13-9(4-19)5-20-14(11)13/h2-3,5-6,20,22H,7-8H2,1H3. The maximum Gasteiger partial charge on any atom is 0.268 e. The van der Waals surface area contributed by atoms with E-state index in [1.54, 1.807) is 6.92 Å². The molecule has 3 aromatic rings. The van der Waals surface area contributed by atoms with Crippen LogP contribution >= 0.6 is 11.6 Å². The van der Waals surface area contributed by atoms with Gasteiger partial charge in [0.25, 0.3) is 10.0 Å². The predicted molar refractivity (Wildman–Crippen MR) is 95.5 cm³/mol. The molecule has 1 saturated heterocycles. The second kappa shape index (κ2) is 5.95. The highest BCUT2D eigenvalue weighted by Crippen LogP contribution is 2.34. The van der Waals surface area contributed by atoms with Gasteiger partial charge < -0.3 is 9.72 Å². The van der Waals surface area contributed by atoms with Gasteiger partial charge >= 0.3 is 0 Å². The van der Waals surface area contributed by atoms with Crippen molar-refractivity contribution in [3.63, 3.8) is 0 Å². The summed E-state index contributed by atoms with van der Waals surface area (Å²) in [6.45, 7) is 2.22. The second-order valence-electron chi connectivity index (χ2n) is 6.47. The van der Waals surface area contributed by atoms with Gasteiger partial charge in [-0.2, -0.15) is 14.8 Å². The number of halogens is 2. The van der Waals surface area contributed by atoms with Crippen LogP contribution < -0.4 is 4.72 Å². The number of nitrogens with zero attached hydrogens (tertiary/aromatic N) is 3. The Bertz CT molecular complexity index is 1210. The van der Waals surface area contributed by atoms with Crippen LogP contribution in [0, 0.1) is 17.3 Å². The smallest absolute Gasteiger partial charge is 0.268 e. The average Bonchev–Trinajstić information content (AvgIpc) is 3.20. The van der Waals surface area contributed by atoms with E-state index in [1.807, 2.05) is 6.07 Å². The number of aromatic amines is 1. The lowest BCUT2D eigenvalue weighted by Gasteiger charge is -2.38.